The summed E-state index contributed by atoms with van der Waals surface area (Å²) < 4.78 is 0. The molecule has 0 aliphatic carbocycles. The number of nitrogens with two attached hydrogens (primary N) is 3. The standard InChI is InChI=1S/C16H19N5O/c17-8-10-2-1-3-11(6-10)9-21-16(22)12-4-5-14(18)13(7-12)15(19)20/h1-7H,8-9,17-18H2,(H3,19,20)(H,21,22). The normalized spacial score (nSPS) is 10.2. The van der Waals surface area contributed by atoms with Crippen LogP contribution < -0.4 is 22.5 Å². The van der Waals surface area contributed by atoms with Crippen molar-refractivity contribution in [3.8, 4) is 0 Å². The lowest BCUT2D eigenvalue weighted by Gasteiger charge is -2.09. The number of hydrogen-bond acceptors (Lipinski definition) is 4. The maximum Gasteiger partial charge on any atom is 0.251 e. The Kier molecular flexibility index (Phi) is 4.75. The number of carbonyl (C=O) groups is 1. The van der Waals surface area contributed by atoms with Gasteiger partial charge in [-0.05, 0) is 29.3 Å². The van der Waals surface area contributed by atoms with Crippen LogP contribution >= 0.6 is 0 Å². The van der Waals surface area contributed by atoms with Crippen LogP contribution in [0, 0.1) is 5.41 Å². The Morgan fingerprint density at radius 3 is 2.55 bits per heavy atom. The number of nitrogens with one attached hydrogen (secondary N) is 2. The lowest BCUT2D eigenvalue weighted by molar-refractivity contribution is 0.0951. The van der Waals surface area contributed by atoms with Crippen LogP contribution in [0.2, 0.25) is 0 Å². The smallest absolute Gasteiger partial charge is 0.251 e. The van der Waals surface area contributed by atoms with Crippen LogP contribution in [-0.4, -0.2) is 11.7 Å². The molecule has 0 spiro atoms. The number of hydrogen-bond donors (Lipinski definition) is 5. The van der Waals surface area contributed by atoms with Gasteiger partial charge >= 0.3 is 0 Å². The molecule has 2 rings (SSSR count). The molecule has 114 valence electrons. The molecule has 2 aromatic carbocycles. The fourth-order valence-corrected chi connectivity index (χ4v) is 2.08. The Morgan fingerprint density at radius 1 is 1.14 bits per heavy atom. The Labute approximate surface area is 128 Å². The van der Waals surface area contributed by atoms with Gasteiger partial charge in [0.1, 0.15) is 5.84 Å². The third-order valence-corrected chi connectivity index (χ3v) is 3.29. The van der Waals surface area contributed by atoms with Crippen molar-refractivity contribution >= 4 is 17.4 Å². The maximum absolute atomic E-state index is 12.2. The topological polar surface area (TPSA) is 131 Å². The zero-order valence-electron chi connectivity index (χ0n) is 12.1. The second kappa shape index (κ2) is 6.73. The third-order valence-electron chi connectivity index (χ3n) is 3.29. The van der Waals surface area contributed by atoms with Gasteiger partial charge in [0, 0.05) is 29.9 Å². The van der Waals surface area contributed by atoms with E-state index in [1.54, 1.807) is 12.1 Å². The van der Waals surface area contributed by atoms with E-state index < -0.39 is 0 Å². The summed E-state index contributed by atoms with van der Waals surface area (Å²) in [5.74, 6) is -0.413. The Balaban J connectivity index is 2.09. The molecular formula is C16H19N5O. The van der Waals surface area contributed by atoms with Crippen molar-refractivity contribution in [3.05, 3.63) is 64.7 Å². The third kappa shape index (κ3) is 3.62. The average Bonchev–Trinajstić information content (AvgIpc) is 2.53. The molecule has 0 aromatic heterocycles. The van der Waals surface area contributed by atoms with E-state index >= 15 is 0 Å². The minimum absolute atomic E-state index is 0.164. The van der Waals surface area contributed by atoms with Gasteiger partial charge in [0.2, 0.25) is 0 Å². The van der Waals surface area contributed by atoms with Gasteiger partial charge in [-0.25, -0.2) is 0 Å². The fraction of sp³-hybridized carbons (Fsp3) is 0.125. The predicted octanol–water partition coefficient (Wildman–Crippen LogP) is 0.942. The Morgan fingerprint density at radius 2 is 1.86 bits per heavy atom. The van der Waals surface area contributed by atoms with Crippen LogP contribution in [0.15, 0.2) is 42.5 Å². The number of benzene rings is 2. The summed E-state index contributed by atoms with van der Waals surface area (Å²) >= 11 is 0. The quantitative estimate of drug-likeness (QED) is 0.319. The van der Waals surface area contributed by atoms with Crippen molar-refractivity contribution in [1.29, 1.82) is 5.41 Å². The van der Waals surface area contributed by atoms with Crippen LogP contribution in [0.4, 0.5) is 5.69 Å². The maximum atomic E-state index is 12.2. The van der Waals surface area contributed by atoms with Gasteiger partial charge in [0.15, 0.2) is 0 Å². The molecular weight excluding hydrogens is 278 g/mol. The zero-order chi connectivity index (χ0) is 16.1. The van der Waals surface area contributed by atoms with Gasteiger partial charge in [0.05, 0.1) is 0 Å². The van der Waals surface area contributed by atoms with Crippen molar-refractivity contribution < 1.29 is 4.79 Å². The predicted molar refractivity (Wildman–Crippen MR) is 87.4 cm³/mol. The molecule has 0 radical (unpaired) electrons. The summed E-state index contributed by atoms with van der Waals surface area (Å²) in [4.78, 5) is 12.2. The molecule has 0 atom stereocenters. The summed E-state index contributed by atoms with van der Waals surface area (Å²) in [7, 11) is 0. The number of rotatable bonds is 5. The molecule has 2 aromatic rings. The van der Waals surface area contributed by atoms with Crippen molar-refractivity contribution in [3.63, 3.8) is 0 Å². The van der Waals surface area contributed by atoms with Gasteiger partial charge in [0.25, 0.3) is 5.91 Å². The van der Waals surface area contributed by atoms with Gasteiger partial charge in [-0.3, -0.25) is 10.2 Å². The van der Waals surface area contributed by atoms with Gasteiger partial charge < -0.3 is 22.5 Å². The van der Waals surface area contributed by atoms with Crippen LogP contribution in [0.5, 0.6) is 0 Å². The fourth-order valence-electron chi connectivity index (χ4n) is 2.08. The Hall–Kier alpha value is -2.86. The van der Waals surface area contributed by atoms with Gasteiger partial charge in [-0.1, -0.05) is 24.3 Å². The monoisotopic (exact) mass is 297 g/mol. The summed E-state index contributed by atoms with van der Waals surface area (Å²) in [6, 6.07) is 12.4. The molecule has 22 heavy (non-hydrogen) atoms. The van der Waals surface area contributed by atoms with Crippen LogP contribution in [0.25, 0.3) is 0 Å². The van der Waals surface area contributed by atoms with E-state index in [0.717, 1.165) is 11.1 Å². The highest BCUT2D eigenvalue weighted by Crippen LogP contribution is 2.14. The molecule has 0 unspecified atom stereocenters. The van der Waals surface area contributed by atoms with Gasteiger partial charge in [-0.2, -0.15) is 0 Å². The summed E-state index contributed by atoms with van der Waals surface area (Å²) in [6.07, 6.45) is 0. The highest BCUT2D eigenvalue weighted by molar-refractivity contribution is 6.03. The van der Waals surface area contributed by atoms with E-state index in [4.69, 9.17) is 22.6 Å². The first kappa shape index (κ1) is 15.5. The molecule has 0 bridgehead atoms. The lowest BCUT2D eigenvalue weighted by atomic mass is 10.1. The number of carbonyl (C=O) groups excluding carboxylic acids is 1. The van der Waals surface area contributed by atoms with E-state index in [2.05, 4.69) is 5.32 Å². The highest BCUT2D eigenvalue weighted by atomic mass is 16.1. The van der Waals surface area contributed by atoms with Crippen LogP contribution in [0.1, 0.15) is 27.0 Å². The molecule has 0 saturated heterocycles. The van der Waals surface area contributed by atoms with E-state index in [-0.39, 0.29) is 11.7 Å². The van der Waals surface area contributed by atoms with Gasteiger partial charge in [-0.15, -0.1) is 0 Å². The first-order valence-electron chi connectivity index (χ1n) is 6.81. The van der Waals surface area contributed by atoms with E-state index in [1.165, 1.54) is 6.07 Å². The summed E-state index contributed by atoms with van der Waals surface area (Å²) in [5, 5.41) is 10.3. The Bertz CT molecular complexity index is 711. The summed E-state index contributed by atoms with van der Waals surface area (Å²) in [6.45, 7) is 0.855. The van der Waals surface area contributed by atoms with Crippen molar-refractivity contribution in [1.82, 2.24) is 5.32 Å². The van der Waals surface area contributed by atoms with Crippen LogP contribution in [-0.2, 0) is 13.1 Å². The second-order valence-corrected chi connectivity index (χ2v) is 4.92. The minimum atomic E-state index is -0.249. The number of amides is 1. The minimum Gasteiger partial charge on any atom is -0.398 e. The molecule has 6 heteroatoms. The first-order chi connectivity index (χ1) is 10.5. The molecule has 8 N–H and O–H groups in total. The van der Waals surface area contributed by atoms with Crippen molar-refractivity contribution in [2.45, 2.75) is 13.1 Å². The number of nitrogen functional groups attached to an aromatic ring is 2. The highest BCUT2D eigenvalue weighted by Gasteiger charge is 2.10. The molecule has 0 aliphatic rings. The zero-order valence-corrected chi connectivity index (χ0v) is 12.1. The van der Waals surface area contributed by atoms with Crippen LogP contribution in [0.3, 0.4) is 0 Å². The summed E-state index contributed by atoms with van der Waals surface area (Å²) in [5.41, 5.74) is 19.9. The van der Waals surface area contributed by atoms with Crippen molar-refractivity contribution in [2.75, 3.05) is 5.73 Å². The number of amidine groups is 1. The second-order valence-electron chi connectivity index (χ2n) is 4.92. The first-order valence-corrected chi connectivity index (χ1v) is 6.81. The lowest BCUT2D eigenvalue weighted by Crippen LogP contribution is -2.24. The van der Waals surface area contributed by atoms with E-state index in [9.17, 15) is 4.79 Å². The largest absolute Gasteiger partial charge is 0.398 e. The van der Waals surface area contributed by atoms with E-state index in [0.29, 0.717) is 29.9 Å². The molecule has 0 saturated carbocycles. The average molecular weight is 297 g/mol. The molecule has 0 fully saturated rings. The van der Waals surface area contributed by atoms with E-state index in [1.807, 2.05) is 24.3 Å². The molecule has 6 nitrogen and oxygen atoms in total. The SMILES string of the molecule is N=C(N)c1cc(C(=O)NCc2cccc(CN)c2)ccc1N. The molecule has 0 heterocycles. The molecule has 1 amide bonds. The molecule has 0 aliphatic heterocycles. The van der Waals surface area contributed by atoms with Crippen molar-refractivity contribution in [2.24, 2.45) is 11.5 Å². The number of anilines is 1.